The van der Waals surface area contributed by atoms with Crippen LogP contribution in [0, 0.1) is 0 Å². The van der Waals surface area contributed by atoms with Crippen molar-refractivity contribution in [2.75, 3.05) is 13.2 Å². The minimum Gasteiger partial charge on any atom is -0.462 e. The standard InChI is InChI=1S/C69H116O6/c1-4-7-10-13-16-19-22-25-28-31-33-34-36-38-41-44-47-50-53-56-59-62-68(71)74-65-66(64-73-67(70)61-58-55-52-49-46-43-40-37-30-27-24-21-18-15-12-9-6-3)75-69(72)63-60-57-54-51-48-45-42-39-35-32-29-26-23-20-17-14-11-8-5-2/h7,9-10,12,16-21,25-30,33-34,66H,4-6,8,11,13-15,22-24,31-32,35-65H2,1-3H3/b10-7-,12-9-,19-16-,20-17-,21-18-,28-25-,29-26-,30-27-,34-33-. The molecule has 0 fully saturated rings. The topological polar surface area (TPSA) is 78.9 Å². The quantitative estimate of drug-likeness (QED) is 0.0261. The maximum Gasteiger partial charge on any atom is 0.306 e. The van der Waals surface area contributed by atoms with E-state index in [2.05, 4.69) is 130 Å². The van der Waals surface area contributed by atoms with E-state index in [1.54, 1.807) is 0 Å². The summed E-state index contributed by atoms with van der Waals surface area (Å²) >= 11 is 0. The van der Waals surface area contributed by atoms with Crippen molar-refractivity contribution in [3.8, 4) is 0 Å². The van der Waals surface area contributed by atoms with Gasteiger partial charge in [0, 0.05) is 19.3 Å². The van der Waals surface area contributed by atoms with Crippen LogP contribution in [0.5, 0.6) is 0 Å². The summed E-state index contributed by atoms with van der Waals surface area (Å²) in [6, 6.07) is 0. The smallest absolute Gasteiger partial charge is 0.306 e. The molecule has 0 aromatic rings. The Morgan fingerprint density at radius 1 is 0.280 bits per heavy atom. The second-order valence-corrected chi connectivity index (χ2v) is 20.5. The normalized spacial score (nSPS) is 12.8. The summed E-state index contributed by atoms with van der Waals surface area (Å²) in [5.41, 5.74) is 0. The van der Waals surface area contributed by atoms with Crippen molar-refractivity contribution >= 4 is 17.9 Å². The first-order chi connectivity index (χ1) is 37.0. The maximum atomic E-state index is 12.9. The number of hydrogen-bond donors (Lipinski definition) is 0. The second kappa shape index (κ2) is 62.6. The minimum absolute atomic E-state index is 0.0879. The molecule has 75 heavy (non-hydrogen) atoms. The number of carbonyl (C=O) groups excluding carboxylic acids is 3. The van der Waals surface area contributed by atoms with Crippen LogP contribution in [-0.4, -0.2) is 37.2 Å². The average molecular weight is 1040 g/mol. The zero-order valence-corrected chi connectivity index (χ0v) is 49.0. The fourth-order valence-electron chi connectivity index (χ4n) is 8.60. The molecular formula is C69H116O6. The van der Waals surface area contributed by atoms with Gasteiger partial charge in [-0.1, -0.05) is 259 Å². The first kappa shape index (κ1) is 71.1. The molecule has 0 heterocycles. The van der Waals surface area contributed by atoms with Crippen molar-refractivity contribution in [2.45, 2.75) is 297 Å². The molecule has 6 nitrogen and oxygen atoms in total. The third kappa shape index (κ3) is 60.8. The van der Waals surface area contributed by atoms with Gasteiger partial charge in [-0.25, -0.2) is 0 Å². The zero-order chi connectivity index (χ0) is 54.3. The zero-order valence-electron chi connectivity index (χ0n) is 49.0. The number of esters is 3. The van der Waals surface area contributed by atoms with Crippen LogP contribution in [0.1, 0.15) is 290 Å². The molecule has 0 aromatic carbocycles. The minimum atomic E-state index is -0.791. The van der Waals surface area contributed by atoms with Crippen molar-refractivity contribution < 1.29 is 28.6 Å². The Balaban J connectivity index is 4.42. The number of unbranched alkanes of at least 4 members (excludes halogenated alkanes) is 27. The van der Waals surface area contributed by atoms with Gasteiger partial charge in [0.25, 0.3) is 0 Å². The summed E-state index contributed by atoms with van der Waals surface area (Å²) in [7, 11) is 0. The molecule has 0 radical (unpaired) electrons. The van der Waals surface area contributed by atoms with Gasteiger partial charge < -0.3 is 14.2 Å². The van der Waals surface area contributed by atoms with Crippen LogP contribution in [0.2, 0.25) is 0 Å². The molecular weight excluding hydrogens is 925 g/mol. The summed E-state index contributed by atoms with van der Waals surface area (Å²) in [5, 5.41) is 0. The summed E-state index contributed by atoms with van der Waals surface area (Å²) in [6.07, 6.45) is 85.1. The fourth-order valence-corrected chi connectivity index (χ4v) is 8.60. The monoisotopic (exact) mass is 1040 g/mol. The SMILES string of the molecule is CC/C=C\C/C=C\C/C=C\C/C=C\CCCCCCCCCCC(=O)OCC(COC(=O)CCCCCCCCC/C=C\C/C=C\C/C=C\CC)OC(=O)CCCCCCCCCCC/C=C\C/C=C\CCCCC. The van der Waals surface area contributed by atoms with Crippen molar-refractivity contribution in [1.82, 2.24) is 0 Å². The Labute approximate surface area is 463 Å². The van der Waals surface area contributed by atoms with Crippen molar-refractivity contribution in [3.63, 3.8) is 0 Å². The summed E-state index contributed by atoms with van der Waals surface area (Å²) < 4.78 is 16.9. The van der Waals surface area contributed by atoms with E-state index in [1.165, 1.54) is 128 Å². The molecule has 0 aliphatic heterocycles. The number of ether oxygens (including phenoxy) is 3. The van der Waals surface area contributed by atoms with Crippen LogP contribution < -0.4 is 0 Å². The molecule has 428 valence electrons. The highest BCUT2D eigenvalue weighted by molar-refractivity contribution is 5.71. The van der Waals surface area contributed by atoms with Crippen molar-refractivity contribution in [2.24, 2.45) is 0 Å². The van der Waals surface area contributed by atoms with E-state index < -0.39 is 6.10 Å². The molecule has 0 aromatic heterocycles. The van der Waals surface area contributed by atoms with Gasteiger partial charge >= 0.3 is 17.9 Å². The number of hydrogen-bond acceptors (Lipinski definition) is 6. The van der Waals surface area contributed by atoms with E-state index in [-0.39, 0.29) is 31.1 Å². The Bertz CT molecular complexity index is 1520. The summed E-state index contributed by atoms with van der Waals surface area (Å²) in [5.74, 6) is -0.902. The van der Waals surface area contributed by atoms with Gasteiger partial charge in [0.05, 0.1) is 0 Å². The van der Waals surface area contributed by atoms with E-state index in [0.29, 0.717) is 19.3 Å². The van der Waals surface area contributed by atoms with Gasteiger partial charge in [-0.3, -0.25) is 14.4 Å². The van der Waals surface area contributed by atoms with E-state index in [1.807, 2.05) is 0 Å². The van der Waals surface area contributed by atoms with Crippen molar-refractivity contribution in [1.29, 1.82) is 0 Å². The fraction of sp³-hybridized carbons (Fsp3) is 0.696. The Morgan fingerprint density at radius 3 is 0.813 bits per heavy atom. The number of allylic oxidation sites excluding steroid dienone is 18. The third-order valence-corrected chi connectivity index (χ3v) is 13.2. The lowest BCUT2D eigenvalue weighted by Gasteiger charge is -2.18. The van der Waals surface area contributed by atoms with E-state index >= 15 is 0 Å². The van der Waals surface area contributed by atoms with Gasteiger partial charge in [0.1, 0.15) is 13.2 Å². The van der Waals surface area contributed by atoms with Crippen LogP contribution in [0.25, 0.3) is 0 Å². The lowest BCUT2D eigenvalue weighted by Crippen LogP contribution is -2.30. The van der Waals surface area contributed by atoms with Crippen molar-refractivity contribution in [3.05, 3.63) is 109 Å². The van der Waals surface area contributed by atoms with Gasteiger partial charge in [0.2, 0.25) is 0 Å². The summed E-state index contributed by atoms with van der Waals surface area (Å²) in [6.45, 7) is 6.40. The van der Waals surface area contributed by atoms with Gasteiger partial charge in [-0.05, 0) is 122 Å². The highest BCUT2D eigenvalue weighted by Gasteiger charge is 2.19. The largest absolute Gasteiger partial charge is 0.462 e. The molecule has 6 heteroatoms. The second-order valence-electron chi connectivity index (χ2n) is 20.5. The molecule has 1 unspecified atom stereocenters. The lowest BCUT2D eigenvalue weighted by molar-refractivity contribution is -0.167. The summed E-state index contributed by atoms with van der Waals surface area (Å²) in [4.78, 5) is 38.3. The Kier molecular flexibility index (Phi) is 59.3. The molecule has 0 spiro atoms. The molecule has 0 aliphatic carbocycles. The third-order valence-electron chi connectivity index (χ3n) is 13.2. The van der Waals surface area contributed by atoms with Crippen LogP contribution in [0.15, 0.2) is 109 Å². The molecule has 1 atom stereocenters. The van der Waals surface area contributed by atoms with Crippen LogP contribution in [0.4, 0.5) is 0 Å². The van der Waals surface area contributed by atoms with Crippen LogP contribution in [0.3, 0.4) is 0 Å². The average Bonchev–Trinajstić information content (AvgIpc) is 3.41. The number of carbonyl (C=O) groups is 3. The number of rotatable bonds is 56. The van der Waals surface area contributed by atoms with Gasteiger partial charge in [0.15, 0.2) is 6.10 Å². The Hall–Kier alpha value is -3.93. The highest BCUT2D eigenvalue weighted by atomic mass is 16.6. The highest BCUT2D eigenvalue weighted by Crippen LogP contribution is 2.16. The van der Waals surface area contributed by atoms with E-state index in [0.717, 1.165) is 122 Å². The lowest BCUT2D eigenvalue weighted by atomic mass is 10.1. The molecule has 0 amide bonds. The first-order valence-corrected chi connectivity index (χ1v) is 31.4. The van der Waals surface area contributed by atoms with E-state index in [4.69, 9.17) is 14.2 Å². The maximum absolute atomic E-state index is 12.9. The van der Waals surface area contributed by atoms with Gasteiger partial charge in [-0.15, -0.1) is 0 Å². The first-order valence-electron chi connectivity index (χ1n) is 31.4. The van der Waals surface area contributed by atoms with Gasteiger partial charge in [-0.2, -0.15) is 0 Å². The predicted molar refractivity (Wildman–Crippen MR) is 325 cm³/mol. The molecule has 0 rings (SSSR count). The van der Waals surface area contributed by atoms with Crippen LogP contribution >= 0.6 is 0 Å². The van der Waals surface area contributed by atoms with E-state index in [9.17, 15) is 14.4 Å². The molecule has 0 aliphatic rings. The molecule has 0 saturated heterocycles. The predicted octanol–water partition coefficient (Wildman–Crippen LogP) is 21.4. The Morgan fingerprint density at radius 2 is 0.520 bits per heavy atom. The molecule has 0 N–H and O–H groups in total. The van der Waals surface area contributed by atoms with Crippen LogP contribution in [-0.2, 0) is 28.6 Å². The molecule has 0 bridgehead atoms. The molecule has 0 saturated carbocycles.